The van der Waals surface area contributed by atoms with Gasteiger partial charge in [0, 0.05) is 19.0 Å². The van der Waals surface area contributed by atoms with Crippen molar-refractivity contribution in [1.82, 2.24) is 4.90 Å². The zero-order valence-electron chi connectivity index (χ0n) is 12.1. The van der Waals surface area contributed by atoms with Gasteiger partial charge in [-0.05, 0) is 40.2 Å². The summed E-state index contributed by atoms with van der Waals surface area (Å²) in [5.41, 5.74) is 6.81. The van der Waals surface area contributed by atoms with E-state index in [1.165, 1.54) is 5.56 Å². The summed E-state index contributed by atoms with van der Waals surface area (Å²) in [6.07, 6.45) is 0. The fourth-order valence-electron chi connectivity index (χ4n) is 1.95. The van der Waals surface area contributed by atoms with E-state index in [0.717, 1.165) is 29.9 Å². The zero-order chi connectivity index (χ0) is 15.1. The van der Waals surface area contributed by atoms with E-state index in [-0.39, 0.29) is 11.8 Å². The maximum Gasteiger partial charge on any atom is 0.143 e. The van der Waals surface area contributed by atoms with Crippen LogP contribution in [0.5, 0.6) is 5.75 Å². The van der Waals surface area contributed by atoms with E-state index in [4.69, 9.17) is 15.7 Å². The molecule has 5 nitrogen and oxygen atoms in total. The highest BCUT2D eigenvalue weighted by atomic mass is 79.9. The molecule has 1 unspecified atom stereocenters. The summed E-state index contributed by atoms with van der Waals surface area (Å²) < 4.78 is 6.16. The van der Waals surface area contributed by atoms with Gasteiger partial charge in [0.05, 0.1) is 11.6 Å². The number of methoxy groups -OCH3 is 1. The standard InChI is InChI=1S/C14H22BrN3O2/c1-4-18(8-10(2)14(16)17-19)9-11-5-6-13(20-3)12(15)7-11/h5-7,10,19H,4,8-9H2,1-3H3,(H2,16,17). The first-order chi connectivity index (χ1) is 9.51. The summed E-state index contributed by atoms with van der Waals surface area (Å²) in [7, 11) is 1.65. The molecule has 1 aromatic carbocycles. The number of hydrogen-bond donors (Lipinski definition) is 2. The number of rotatable bonds is 7. The normalized spacial score (nSPS) is 13.6. The summed E-state index contributed by atoms with van der Waals surface area (Å²) in [4.78, 5) is 2.25. The Balaban J connectivity index is 2.71. The first kappa shape index (κ1) is 16.8. The van der Waals surface area contributed by atoms with Crippen LogP contribution in [0.15, 0.2) is 27.8 Å². The van der Waals surface area contributed by atoms with E-state index >= 15 is 0 Å². The third-order valence-electron chi connectivity index (χ3n) is 3.22. The third-order valence-corrected chi connectivity index (χ3v) is 3.84. The van der Waals surface area contributed by atoms with Crippen LogP contribution in [0.25, 0.3) is 0 Å². The van der Waals surface area contributed by atoms with Gasteiger partial charge in [-0.25, -0.2) is 0 Å². The number of halogens is 1. The predicted octanol–water partition coefficient (Wildman–Crippen LogP) is 2.66. The molecule has 0 aliphatic heterocycles. The van der Waals surface area contributed by atoms with E-state index in [1.807, 2.05) is 19.1 Å². The van der Waals surface area contributed by atoms with Crippen LogP contribution in [0, 0.1) is 5.92 Å². The number of nitrogens with zero attached hydrogens (tertiary/aromatic N) is 2. The first-order valence-corrected chi connectivity index (χ1v) is 7.33. The lowest BCUT2D eigenvalue weighted by molar-refractivity contribution is 0.257. The van der Waals surface area contributed by atoms with Gasteiger partial charge < -0.3 is 15.7 Å². The Morgan fingerprint density at radius 2 is 2.25 bits per heavy atom. The van der Waals surface area contributed by atoms with Crippen LogP contribution in [0.2, 0.25) is 0 Å². The number of hydrogen-bond acceptors (Lipinski definition) is 4. The van der Waals surface area contributed by atoms with Crippen molar-refractivity contribution in [2.24, 2.45) is 16.8 Å². The average molecular weight is 344 g/mol. The van der Waals surface area contributed by atoms with Crippen LogP contribution in [-0.2, 0) is 6.54 Å². The Bertz CT molecular complexity index is 466. The molecule has 0 fully saturated rings. The Kier molecular flexibility index (Phi) is 6.81. The SMILES string of the molecule is CCN(Cc1ccc(OC)c(Br)c1)CC(C)C(N)=NO. The smallest absolute Gasteiger partial charge is 0.143 e. The van der Waals surface area contributed by atoms with Crippen molar-refractivity contribution in [3.63, 3.8) is 0 Å². The Hall–Kier alpha value is -1.27. The van der Waals surface area contributed by atoms with Crippen molar-refractivity contribution in [3.8, 4) is 5.75 Å². The molecule has 1 aromatic rings. The lowest BCUT2D eigenvalue weighted by Gasteiger charge is -2.24. The second kappa shape index (κ2) is 8.11. The van der Waals surface area contributed by atoms with Gasteiger partial charge in [0.25, 0.3) is 0 Å². The maximum absolute atomic E-state index is 8.70. The number of oxime groups is 1. The van der Waals surface area contributed by atoms with E-state index in [9.17, 15) is 0 Å². The molecule has 0 bridgehead atoms. The van der Waals surface area contributed by atoms with Crippen LogP contribution in [0.4, 0.5) is 0 Å². The first-order valence-electron chi connectivity index (χ1n) is 6.54. The predicted molar refractivity (Wildman–Crippen MR) is 84.2 cm³/mol. The van der Waals surface area contributed by atoms with Gasteiger partial charge in [-0.15, -0.1) is 0 Å². The van der Waals surface area contributed by atoms with Crippen LogP contribution in [0.3, 0.4) is 0 Å². The zero-order valence-corrected chi connectivity index (χ0v) is 13.7. The molecule has 1 atom stereocenters. The molecule has 20 heavy (non-hydrogen) atoms. The van der Waals surface area contributed by atoms with Gasteiger partial charge in [-0.2, -0.15) is 0 Å². The van der Waals surface area contributed by atoms with Crippen molar-refractivity contribution in [1.29, 1.82) is 0 Å². The largest absolute Gasteiger partial charge is 0.496 e. The topological polar surface area (TPSA) is 71.1 Å². The fraction of sp³-hybridized carbons (Fsp3) is 0.500. The molecule has 0 radical (unpaired) electrons. The summed E-state index contributed by atoms with van der Waals surface area (Å²) in [5.74, 6) is 1.10. The summed E-state index contributed by atoms with van der Waals surface area (Å²) in [6, 6.07) is 6.04. The lowest BCUT2D eigenvalue weighted by Crippen LogP contribution is -2.34. The number of benzene rings is 1. The molecule has 0 amide bonds. The van der Waals surface area contributed by atoms with Crippen LogP contribution in [0.1, 0.15) is 19.4 Å². The maximum atomic E-state index is 8.70. The highest BCUT2D eigenvalue weighted by Gasteiger charge is 2.13. The van der Waals surface area contributed by atoms with Gasteiger partial charge in [-0.3, -0.25) is 4.90 Å². The second-order valence-corrected chi connectivity index (χ2v) is 5.58. The summed E-state index contributed by atoms with van der Waals surface area (Å²) in [5, 5.41) is 11.8. The van der Waals surface area contributed by atoms with E-state index in [0.29, 0.717) is 0 Å². The summed E-state index contributed by atoms with van der Waals surface area (Å²) >= 11 is 3.49. The Morgan fingerprint density at radius 1 is 1.55 bits per heavy atom. The summed E-state index contributed by atoms with van der Waals surface area (Å²) in [6.45, 7) is 6.49. The van der Waals surface area contributed by atoms with E-state index < -0.39 is 0 Å². The second-order valence-electron chi connectivity index (χ2n) is 4.72. The van der Waals surface area contributed by atoms with Crippen LogP contribution >= 0.6 is 15.9 Å². The quantitative estimate of drug-likeness (QED) is 0.345. The monoisotopic (exact) mass is 343 g/mol. The minimum atomic E-state index is 0.0154. The molecule has 0 aliphatic carbocycles. The molecular weight excluding hydrogens is 322 g/mol. The van der Waals surface area contributed by atoms with Gasteiger partial charge >= 0.3 is 0 Å². The molecule has 0 saturated carbocycles. The number of nitrogens with two attached hydrogens (primary N) is 1. The van der Waals surface area contributed by atoms with Gasteiger partial charge in [0.15, 0.2) is 0 Å². The molecule has 3 N–H and O–H groups in total. The van der Waals surface area contributed by atoms with Gasteiger partial charge in [0.1, 0.15) is 11.6 Å². The van der Waals surface area contributed by atoms with Crippen LogP contribution < -0.4 is 10.5 Å². The van der Waals surface area contributed by atoms with Crippen molar-refractivity contribution >= 4 is 21.8 Å². The van der Waals surface area contributed by atoms with Gasteiger partial charge in [0.2, 0.25) is 0 Å². The minimum absolute atomic E-state index is 0.0154. The van der Waals surface area contributed by atoms with Crippen molar-refractivity contribution in [2.75, 3.05) is 20.2 Å². The number of amidine groups is 1. The molecule has 6 heteroatoms. The van der Waals surface area contributed by atoms with E-state index in [1.54, 1.807) is 7.11 Å². The van der Waals surface area contributed by atoms with Gasteiger partial charge in [-0.1, -0.05) is 25.1 Å². The Labute approximate surface area is 128 Å². The molecule has 0 spiro atoms. The van der Waals surface area contributed by atoms with Crippen LogP contribution in [-0.4, -0.2) is 36.1 Å². The van der Waals surface area contributed by atoms with Crippen molar-refractivity contribution in [3.05, 3.63) is 28.2 Å². The van der Waals surface area contributed by atoms with E-state index in [2.05, 4.69) is 39.0 Å². The molecule has 0 saturated heterocycles. The van der Waals surface area contributed by atoms with Crippen molar-refractivity contribution < 1.29 is 9.94 Å². The minimum Gasteiger partial charge on any atom is -0.496 e. The number of ether oxygens (including phenoxy) is 1. The molecule has 112 valence electrons. The molecule has 0 aliphatic rings. The fourth-order valence-corrected chi connectivity index (χ4v) is 2.54. The Morgan fingerprint density at radius 3 is 2.75 bits per heavy atom. The lowest BCUT2D eigenvalue weighted by atomic mass is 10.1. The van der Waals surface area contributed by atoms with Crippen molar-refractivity contribution in [2.45, 2.75) is 20.4 Å². The molecule has 0 aromatic heterocycles. The third kappa shape index (κ3) is 4.68. The highest BCUT2D eigenvalue weighted by Crippen LogP contribution is 2.26. The molecule has 0 heterocycles. The highest BCUT2D eigenvalue weighted by molar-refractivity contribution is 9.10. The molecular formula is C14H22BrN3O2. The molecule has 1 rings (SSSR count). The average Bonchev–Trinajstić information content (AvgIpc) is 2.45.